The zero-order chi connectivity index (χ0) is 25.6. The van der Waals surface area contributed by atoms with Gasteiger partial charge in [-0.2, -0.15) is 0 Å². The van der Waals surface area contributed by atoms with Crippen molar-refractivity contribution in [3.63, 3.8) is 0 Å². The molecule has 0 saturated heterocycles. The highest BCUT2D eigenvalue weighted by atomic mass is 16.5. The molecular weight excluding hydrogens is 462 g/mol. The van der Waals surface area contributed by atoms with Crippen LogP contribution in [0.25, 0.3) is 28.0 Å². The second-order valence-electron chi connectivity index (χ2n) is 9.64. The SMILES string of the molecule is CCOc1cccc(-c2ccc3nc(-c4ccc(OC)cc4)c(CCC(=O)NC4CCCCC4)n3c2)c1. The number of fused-ring (bicyclic) bond motifs is 1. The number of methoxy groups -OCH3 is 1. The summed E-state index contributed by atoms with van der Waals surface area (Å²) in [6.45, 7) is 2.61. The first-order chi connectivity index (χ1) is 18.1. The standard InChI is InChI=1S/C31H35N3O3/c1-3-37-27-11-7-8-23(20-27)24-14-18-29-33-31(22-12-15-26(36-2)16-13-22)28(34(29)21-24)17-19-30(35)32-25-9-5-4-6-10-25/h7-8,11-16,18,20-21,25H,3-6,9-10,17,19H2,1-2H3,(H,32,35). The molecule has 0 radical (unpaired) electrons. The van der Waals surface area contributed by atoms with Gasteiger partial charge in [0.15, 0.2) is 0 Å². The molecule has 1 amide bonds. The van der Waals surface area contributed by atoms with Crippen LogP contribution in [0.3, 0.4) is 0 Å². The number of ether oxygens (including phenoxy) is 2. The lowest BCUT2D eigenvalue weighted by atomic mass is 9.95. The third-order valence-electron chi connectivity index (χ3n) is 7.12. The van der Waals surface area contributed by atoms with Gasteiger partial charge in [0.2, 0.25) is 5.91 Å². The molecule has 6 heteroatoms. The van der Waals surface area contributed by atoms with Crippen LogP contribution in [0, 0.1) is 0 Å². The van der Waals surface area contributed by atoms with E-state index in [4.69, 9.17) is 14.5 Å². The molecule has 2 aromatic carbocycles. The van der Waals surface area contributed by atoms with E-state index in [1.54, 1.807) is 7.11 Å². The van der Waals surface area contributed by atoms with Crippen molar-refractivity contribution < 1.29 is 14.3 Å². The van der Waals surface area contributed by atoms with E-state index in [9.17, 15) is 4.79 Å². The molecule has 6 nitrogen and oxygen atoms in total. The number of aryl methyl sites for hydroxylation is 1. The van der Waals surface area contributed by atoms with Crippen molar-refractivity contribution in [3.05, 3.63) is 72.6 Å². The number of pyridine rings is 1. The average molecular weight is 498 g/mol. The van der Waals surface area contributed by atoms with Crippen LogP contribution in [0.15, 0.2) is 66.9 Å². The second kappa shape index (κ2) is 11.5. The molecule has 0 aliphatic heterocycles. The van der Waals surface area contributed by atoms with Gasteiger partial charge in [0.05, 0.1) is 25.1 Å². The summed E-state index contributed by atoms with van der Waals surface area (Å²) in [5.74, 6) is 1.77. The third-order valence-corrected chi connectivity index (χ3v) is 7.12. The molecule has 5 rings (SSSR count). The van der Waals surface area contributed by atoms with Gasteiger partial charge in [-0.3, -0.25) is 4.79 Å². The Labute approximate surface area is 218 Å². The van der Waals surface area contributed by atoms with E-state index < -0.39 is 0 Å². The van der Waals surface area contributed by atoms with Crippen LogP contribution >= 0.6 is 0 Å². The van der Waals surface area contributed by atoms with Crippen molar-refractivity contribution in [1.82, 2.24) is 14.7 Å². The normalized spacial score (nSPS) is 14.0. The molecule has 2 heterocycles. The molecule has 1 N–H and O–H groups in total. The molecule has 1 aliphatic rings. The monoisotopic (exact) mass is 497 g/mol. The first kappa shape index (κ1) is 24.9. The van der Waals surface area contributed by atoms with Gasteiger partial charge in [0.1, 0.15) is 17.1 Å². The minimum Gasteiger partial charge on any atom is -0.497 e. The quantitative estimate of drug-likeness (QED) is 0.288. The van der Waals surface area contributed by atoms with E-state index in [0.717, 1.165) is 58.1 Å². The van der Waals surface area contributed by atoms with Crippen molar-refractivity contribution in [2.75, 3.05) is 13.7 Å². The highest BCUT2D eigenvalue weighted by Crippen LogP contribution is 2.30. The summed E-state index contributed by atoms with van der Waals surface area (Å²) in [4.78, 5) is 17.9. The van der Waals surface area contributed by atoms with Crippen LogP contribution in [0.1, 0.15) is 51.1 Å². The fraction of sp³-hybridized carbons (Fsp3) is 0.355. The molecule has 37 heavy (non-hydrogen) atoms. The van der Waals surface area contributed by atoms with Crippen LogP contribution in [-0.4, -0.2) is 35.1 Å². The van der Waals surface area contributed by atoms with Crippen molar-refractivity contribution in [3.8, 4) is 33.9 Å². The summed E-state index contributed by atoms with van der Waals surface area (Å²) in [6.07, 6.45) is 9.00. The topological polar surface area (TPSA) is 64.9 Å². The van der Waals surface area contributed by atoms with Crippen molar-refractivity contribution >= 4 is 11.6 Å². The lowest BCUT2D eigenvalue weighted by molar-refractivity contribution is -0.122. The number of imidazole rings is 1. The Hall–Kier alpha value is -3.80. The maximum absolute atomic E-state index is 12.9. The van der Waals surface area contributed by atoms with E-state index in [0.29, 0.717) is 25.5 Å². The number of hydrogen-bond donors (Lipinski definition) is 1. The number of amides is 1. The van der Waals surface area contributed by atoms with Crippen molar-refractivity contribution in [2.45, 2.75) is 57.9 Å². The Bertz CT molecular complexity index is 1350. The average Bonchev–Trinajstić information content (AvgIpc) is 3.30. The van der Waals surface area contributed by atoms with Crippen molar-refractivity contribution in [1.29, 1.82) is 0 Å². The van der Waals surface area contributed by atoms with Gasteiger partial charge in [0, 0.05) is 24.2 Å². The molecule has 0 spiro atoms. The van der Waals surface area contributed by atoms with Crippen LogP contribution in [0.5, 0.6) is 11.5 Å². The molecule has 1 saturated carbocycles. The first-order valence-electron chi connectivity index (χ1n) is 13.3. The molecule has 0 unspecified atom stereocenters. The Balaban J connectivity index is 1.48. The number of nitrogens with one attached hydrogen (secondary N) is 1. The Morgan fingerprint density at radius 1 is 0.973 bits per heavy atom. The van der Waals surface area contributed by atoms with Crippen LogP contribution in [-0.2, 0) is 11.2 Å². The van der Waals surface area contributed by atoms with Gasteiger partial charge in [0.25, 0.3) is 0 Å². The van der Waals surface area contributed by atoms with Crippen LogP contribution in [0.4, 0.5) is 0 Å². The smallest absolute Gasteiger partial charge is 0.220 e. The molecule has 4 aromatic rings. The molecule has 1 aliphatic carbocycles. The highest BCUT2D eigenvalue weighted by Gasteiger charge is 2.19. The molecule has 2 aromatic heterocycles. The Morgan fingerprint density at radius 3 is 2.51 bits per heavy atom. The summed E-state index contributed by atoms with van der Waals surface area (Å²) < 4.78 is 13.2. The summed E-state index contributed by atoms with van der Waals surface area (Å²) in [5.41, 5.74) is 5.94. The zero-order valence-corrected chi connectivity index (χ0v) is 21.7. The van der Waals surface area contributed by atoms with E-state index in [1.165, 1.54) is 19.3 Å². The number of carbonyl (C=O) groups is 1. The molecule has 0 atom stereocenters. The van der Waals surface area contributed by atoms with Gasteiger partial charge in [-0.25, -0.2) is 4.98 Å². The Kier molecular flexibility index (Phi) is 7.73. The zero-order valence-electron chi connectivity index (χ0n) is 21.7. The summed E-state index contributed by atoms with van der Waals surface area (Å²) in [5, 5.41) is 3.26. The van der Waals surface area contributed by atoms with Crippen LogP contribution in [0.2, 0.25) is 0 Å². The minimum absolute atomic E-state index is 0.114. The predicted molar refractivity (Wildman–Crippen MR) is 147 cm³/mol. The number of benzene rings is 2. The maximum Gasteiger partial charge on any atom is 0.220 e. The number of nitrogens with zero attached hydrogens (tertiary/aromatic N) is 2. The molecule has 1 fully saturated rings. The fourth-order valence-corrected chi connectivity index (χ4v) is 5.19. The largest absolute Gasteiger partial charge is 0.497 e. The number of carbonyl (C=O) groups excluding carboxylic acids is 1. The number of rotatable bonds is 9. The molecule has 192 valence electrons. The predicted octanol–water partition coefficient (Wildman–Crippen LogP) is 6.46. The minimum atomic E-state index is 0.114. The molecule has 0 bridgehead atoms. The van der Waals surface area contributed by atoms with E-state index in [-0.39, 0.29) is 5.91 Å². The lowest BCUT2D eigenvalue weighted by Gasteiger charge is -2.22. The Morgan fingerprint density at radius 2 is 1.76 bits per heavy atom. The maximum atomic E-state index is 12.9. The fourth-order valence-electron chi connectivity index (χ4n) is 5.19. The van der Waals surface area contributed by atoms with Gasteiger partial charge in [-0.1, -0.05) is 31.4 Å². The van der Waals surface area contributed by atoms with Gasteiger partial charge >= 0.3 is 0 Å². The van der Waals surface area contributed by atoms with Gasteiger partial charge in [-0.15, -0.1) is 0 Å². The number of hydrogen-bond acceptors (Lipinski definition) is 4. The second-order valence-corrected chi connectivity index (χ2v) is 9.64. The van der Waals surface area contributed by atoms with E-state index >= 15 is 0 Å². The summed E-state index contributed by atoms with van der Waals surface area (Å²) >= 11 is 0. The highest BCUT2D eigenvalue weighted by molar-refractivity contribution is 5.77. The molecular formula is C31H35N3O3. The van der Waals surface area contributed by atoms with E-state index in [1.807, 2.05) is 49.4 Å². The first-order valence-corrected chi connectivity index (χ1v) is 13.3. The third kappa shape index (κ3) is 5.79. The lowest BCUT2D eigenvalue weighted by Crippen LogP contribution is -2.36. The van der Waals surface area contributed by atoms with Crippen LogP contribution < -0.4 is 14.8 Å². The summed E-state index contributed by atoms with van der Waals surface area (Å²) in [6, 6.07) is 20.5. The summed E-state index contributed by atoms with van der Waals surface area (Å²) in [7, 11) is 1.67. The van der Waals surface area contributed by atoms with Gasteiger partial charge < -0.3 is 19.2 Å². The van der Waals surface area contributed by atoms with E-state index in [2.05, 4.69) is 34.1 Å². The van der Waals surface area contributed by atoms with Gasteiger partial charge in [-0.05, 0) is 85.8 Å². The number of aromatic nitrogens is 2. The van der Waals surface area contributed by atoms with Crippen molar-refractivity contribution in [2.24, 2.45) is 0 Å².